The van der Waals surface area contributed by atoms with Crippen molar-refractivity contribution in [3.63, 3.8) is 0 Å². The zero-order valence-electron chi connectivity index (χ0n) is 13.3. The molecule has 3 nitrogen and oxygen atoms in total. The lowest BCUT2D eigenvalue weighted by atomic mass is 9.96. The monoisotopic (exact) mass is 310 g/mol. The lowest BCUT2D eigenvalue weighted by Gasteiger charge is -2.36. The minimum absolute atomic E-state index is 0.183. The highest BCUT2D eigenvalue weighted by molar-refractivity contribution is 6.33. The van der Waals surface area contributed by atoms with Crippen molar-refractivity contribution in [2.24, 2.45) is 5.92 Å². The molecule has 0 radical (unpaired) electrons. The summed E-state index contributed by atoms with van der Waals surface area (Å²) in [5.41, 5.74) is 2.31. The van der Waals surface area contributed by atoms with E-state index in [1.807, 2.05) is 0 Å². The fraction of sp³-hybridized carbons (Fsp3) is 0.647. The SMILES string of the molecule is CCCNC(C)c1ccc(N2CCC(O)C(C)C2)c(Cl)c1. The standard InChI is InChI=1S/C17H27ClN2O/c1-4-8-19-13(3)14-5-6-16(15(18)10-14)20-9-7-17(21)12(2)11-20/h5-6,10,12-13,17,19,21H,4,7-9,11H2,1-3H3. The Bertz CT molecular complexity index is 466. The Labute approximate surface area is 133 Å². The van der Waals surface area contributed by atoms with Crippen molar-refractivity contribution in [3.05, 3.63) is 28.8 Å². The van der Waals surface area contributed by atoms with Crippen LogP contribution in [0.2, 0.25) is 5.02 Å². The molecule has 1 fully saturated rings. The number of aliphatic hydroxyl groups is 1. The normalized spacial score (nSPS) is 24.1. The molecule has 4 heteroatoms. The van der Waals surface area contributed by atoms with E-state index in [9.17, 15) is 5.11 Å². The highest BCUT2D eigenvalue weighted by Gasteiger charge is 2.25. The van der Waals surface area contributed by atoms with E-state index in [4.69, 9.17) is 11.6 Å². The predicted molar refractivity (Wildman–Crippen MR) is 90.2 cm³/mol. The Kier molecular flexibility index (Phi) is 5.91. The van der Waals surface area contributed by atoms with Crippen LogP contribution in [-0.4, -0.2) is 30.8 Å². The molecule has 3 atom stereocenters. The highest BCUT2D eigenvalue weighted by Crippen LogP contribution is 2.32. The van der Waals surface area contributed by atoms with Gasteiger partial charge in [-0.15, -0.1) is 0 Å². The summed E-state index contributed by atoms with van der Waals surface area (Å²) in [5, 5.41) is 14.1. The first-order valence-electron chi connectivity index (χ1n) is 7.98. The lowest BCUT2D eigenvalue weighted by molar-refractivity contribution is 0.0971. The van der Waals surface area contributed by atoms with Crippen molar-refractivity contribution < 1.29 is 5.11 Å². The van der Waals surface area contributed by atoms with Crippen LogP contribution in [0.1, 0.15) is 45.2 Å². The van der Waals surface area contributed by atoms with Gasteiger partial charge in [0.1, 0.15) is 0 Å². The van der Waals surface area contributed by atoms with E-state index in [1.165, 1.54) is 5.56 Å². The van der Waals surface area contributed by atoms with Crippen LogP contribution in [0, 0.1) is 5.92 Å². The van der Waals surface area contributed by atoms with E-state index < -0.39 is 0 Å². The maximum absolute atomic E-state index is 9.84. The first-order valence-corrected chi connectivity index (χ1v) is 8.36. The largest absolute Gasteiger partial charge is 0.393 e. The molecule has 2 N–H and O–H groups in total. The maximum Gasteiger partial charge on any atom is 0.0642 e. The van der Waals surface area contributed by atoms with Gasteiger partial charge >= 0.3 is 0 Å². The molecule has 0 amide bonds. The predicted octanol–water partition coefficient (Wildman–Crippen LogP) is 3.61. The molecule has 0 aliphatic carbocycles. The quantitative estimate of drug-likeness (QED) is 0.872. The summed E-state index contributed by atoms with van der Waals surface area (Å²) < 4.78 is 0. The van der Waals surface area contributed by atoms with Crippen molar-refractivity contribution in [2.45, 2.75) is 45.8 Å². The van der Waals surface area contributed by atoms with Crippen LogP contribution >= 0.6 is 11.6 Å². The van der Waals surface area contributed by atoms with Gasteiger partial charge in [0.05, 0.1) is 16.8 Å². The minimum atomic E-state index is -0.183. The van der Waals surface area contributed by atoms with E-state index in [-0.39, 0.29) is 6.10 Å². The molecule has 118 valence electrons. The average Bonchev–Trinajstić information content (AvgIpc) is 2.47. The second-order valence-corrected chi connectivity index (χ2v) is 6.57. The summed E-state index contributed by atoms with van der Waals surface area (Å²) in [6.07, 6.45) is 1.76. The van der Waals surface area contributed by atoms with Crippen molar-refractivity contribution in [3.8, 4) is 0 Å². The van der Waals surface area contributed by atoms with Gasteiger partial charge in [-0.25, -0.2) is 0 Å². The Hall–Kier alpha value is -0.770. The van der Waals surface area contributed by atoms with E-state index in [0.717, 1.165) is 43.2 Å². The first kappa shape index (κ1) is 16.6. The molecule has 0 aromatic heterocycles. The van der Waals surface area contributed by atoms with Gasteiger partial charge in [-0.3, -0.25) is 0 Å². The van der Waals surface area contributed by atoms with Gasteiger partial charge in [-0.2, -0.15) is 0 Å². The smallest absolute Gasteiger partial charge is 0.0642 e. The highest BCUT2D eigenvalue weighted by atomic mass is 35.5. The molecule has 0 saturated carbocycles. The summed E-state index contributed by atoms with van der Waals surface area (Å²) >= 11 is 6.49. The van der Waals surface area contributed by atoms with Gasteiger partial charge in [0.25, 0.3) is 0 Å². The maximum atomic E-state index is 9.84. The molecule has 1 aliphatic heterocycles. The number of hydrogen-bond acceptors (Lipinski definition) is 3. The topological polar surface area (TPSA) is 35.5 Å². The lowest BCUT2D eigenvalue weighted by Crippen LogP contribution is -2.42. The van der Waals surface area contributed by atoms with Crippen molar-refractivity contribution in [1.29, 1.82) is 0 Å². The zero-order chi connectivity index (χ0) is 15.4. The molecule has 1 aromatic carbocycles. The number of halogens is 1. The van der Waals surface area contributed by atoms with E-state index in [1.54, 1.807) is 0 Å². The summed E-state index contributed by atoms with van der Waals surface area (Å²) in [4.78, 5) is 2.29. The molecular formula is C17H27ClN2O. The molecule has 1 aromatic rings. The van der Waals surface area contributed by atoms with E-state index >= 15 is 0 Å². The molecule has 0 bridgehead atoms. The molecule has 3 unspecified atom stereocenters. The molecule has 1 aliphatic rings. The summed E-state index contributed by atoms with van der Waals surface area (Å²) in [6, 6.07) is 6.66. The zero-order valence-corrected chi connectivity index (χ0v) is 14.0. The number of nitrogens with one attached hydrogen (secondary N) is 1. The molecular weight excluding hydrogens is 284 g/mol. The van der Waals surface area contributed by atoms with Crippen molar-refractivity contribution >= 4 is 17.3 Å². The van der Waals surface area contributed by atoms with Crippen LogP contribution in [-0.2, 0) is 0 Å². The number of nitrogens with zero attached hydrogens (tertiary/aromatic N) is 1. The summed E-state index contributed by atoms with van der Waals surface area (Å²) in [7, 11) is 0. The minimum Gasteiger partial charge on any atom is -0.393 e. The Morgan fingerprint density at radius 3 is 2.86 bits per heavy atom. The second kappa shape index (κ2) is 7.48. The van der Waals surface area contributed by atoms with Gasteiger partial charge in [-0.1, -0.05) is 31.5 Å². The van der Waals surface area contributed by atoms with Gasteiger partial charge in [0.15, 0.2) is 0 Å². The fourth-order valence-corrected chi connectivity index (χ4v) is 3.19. The van der Waals surface area contributed by atoms with Crippen LogP contribution < -0.4 is 10.2 Å². The van der Waals surface area contributed by atoms with Crippen LogP contribution in [0.3, 0.4) is 0 Å². The van der Waals surface area contributed by atoms with Gasteiger partial charge in [0.2, 0.25) is 0 Å². The van der Waals surface area contributed by atoms with E-state index in [2.05, 4.69) is 49.2 Å². The Morgan fingerprint density at radius 2 is 2.24 bits per heavy atom. The number of anilines is 1. The number of piperidine rings is 1. The van der Waals surface area contributed by atoms with Gasteiger partial charge < -0.3 is 15.3 Å². The van der Waals surface area contributed by atoms with Crippen LogP contribution in [0.4, 0.5) is 5.69 Å². The number of hydrogen-bond donors (Lipinski definition) is 2. The van der Waals surface area contributed by atoms with Gasteiger partial charge in [-0.05, 0) is 49.9 Å². The fourth-order valence-electron chi connectivity index (χ4n) is 2.88. The number of rotatable bonds is 5. The van der Waals surface area contributed by atoms with Crippen molar-refractivity contribution in [2.75, 3.05) is 24.5 Å². The summed E-state index contributed by atoms with van der Waals surface area (Å²) in [5.74, 6) is 0.291. The molecule has 21 heavy (non-hydrogen) atoms. The molecule has 1 heterocycles. The number of benzene rings is 1. The first-order chi connectivity index (χ1) is 10.0. The third-order valence-corrected chi connectivity index (χ3v) is 4.68. The molecule has 0 spiro atoms. The third-order valence-electron chi connectivity index (χ3n) is 4.37. The van der Waals surface area contributed by atoms with Gasteiger partial charge in [0, 0.05) is 19.1 Å². The second-order valence-electron chi connectivity index (χ2n) is 6.17. The molecule has 2 rings (SSSR count). The number of aliphatic hydroxyl groups excluding tert-OH is 1. The summed E-state index contributed by atoms with van der Waals surface area (Å²) in [6.45, 7) is 9.18. The average molecular weight is 311 g/mol. The van der Waals surface area contributed by atoms with Crippen LogP contribution in [0.15, 0.2) is 18.2 Å². The van der Waals surface area contributed by atoms with Crippen LogP contribution in [0.25, 0.3) is 0 Å². The Balaban J connectivity index is 2.08. The van der Waals surface area contributed by atoms with E-state index in [0.29, 0.717) is 12.0 Å². The third kappa shape index (κ3) is 4.12. The Morgan fingerprint density at radius 1 is 1.48 bits per heavy atom. The molecule has 1 saturated heterocycles. The van der Waals surface area contributed by atoms with Crippen LogP contribution in [0.5, 0.6) is 0 Å². The van der Waals surface area contributed by atoms with Crippen molar-refractivity contribution in [1.82, 2.24) is 5.32 Å².